The average molecular weight is 314 g/mol. The van der Waals surface area contributed by atoms with E-state index in [1.165, 1.54) is 32.1 Å². The van der Waals surface area contributed by atoms with Crippen molar-refractivity contribution >= 4 is 5.91 Å². The van der Waals surface area contributed by atoms with Gasteiger partial charge in [-0.1, -0.05) is 12.5 Å². The summed E-state index contributed by atoms with van der Waals surface area (Å²) in [6.07, 6.45) is 11.7. The lowest BCUT2D eigenvalue weighted by molar-refractivity contribution is -0.126. The van der Waals surface area contributed by atoms with Crippen LogP contribution in [0, 0.1) is 17.8 Å². The highest BCUT2D eigenvalue weighted by Crippen LogP contribution is 2.48. The molecule has 4 heteroatoms. The van der Waals surface area contributed by atoms with Crippen LogP contribution in [0.4, 0.5) is 0 Å². The van der Waals surface area contributed by atoms with Crippen molar-refractivity contribution in [3.05, 3.63) is 23.9 Å². The van der Waals surface area contributed by atoms with Crippen molar-refractivity contribution in [2.24, 2.45) is 17.8 Å². The highest BCUT2D eigenvalue weighted by atomic mass is 16.5. The van der Waals surface area contributed by atoms with Gasteiger partial charge in [-0.05, 0) is 62.8 Å². The highest BCUT2D eigenvalue weighted by molar-refractivity contribution is 5.79. The third kappa shape index (κ3) is 3.22. The van der Waals surface area contributed by atoms with E-state index in [-0.39, 0.29) is 11.8 Å². The maximum absolute atomic E-state index is 12.5. The number of ether oxygens (including phenoxy) is 1. The van der Waals surface area contributed by atoms with E-state index in [1.54, 1.807) is 6.20 Å². The number of rotatable bonds is 5. The van der Waals surface area contributed by atoms with Crippen molar-refractivity contribution < 1.29 is 9.53 Å². The fraction of sp³-hybridized carbons (Fsp3) is 0.684. The normalized spacial score (nSPS) is 29.8. The number of hydrogen-bond donors (Lipinski definition) is 1. The molecule has 1 heterocycles. The number of nitrogens with zero attached hydrogens (tertiary/aromatic N) is 1. The van der Waals surface area contributed by atoms with Gasteiger partial charge in [0.15, 0.2) is 0 Å². The number of nitrogens with one attached hydrogen (secondary N) is 1. The van der Waals surface area contributed by atoms with E-state index in [0.717, 1.165) is 30.7 Å². The molecule has 0 aromatic carbocycles. The number of fused-ring (bicyclic) bond motifs is 2. The van der Waals surface area contributed by atoms with Crippen LogP contribution >= 0.6 is 0 Å². The Balaban J connectivity index is 1.36. The summed E-state index contributed by atoms with van der Waals surface area (Å²) in [6.45, 7) is 0.530. The number of carbonyl (C=O) groups excluding carboxylic acids is 1. The molecule has 1 amide bonds. The minimum Gasteiger partial charge on any atom is -0.474 e. The molecule has 23 heavy (non-hydrogen) atoms. The molecule has 0 spiro atoms. The standard InChI is InChI=1S/C19H26N2O2/c22-18(17-11-13-7-8-14(17)10-13)21-12-15-4-3-9-20-19(15)23-16-5-1-2-6-16/h3-4,9,13-14,16-17H,1-2,5-8,10-12H2,(H,21,22)/t13-,14-,17-/m0/s1. The van der Waals surface area contributed by atoms with Crippen molar-refractivity contribution in [3.8, 4) is 5.88 Å². The van der Waals surface area contributed by atoms with Crippen LogP contribution in [0.3, 0.4) is 0 Å². The molecule has 0 saturated heterocycles. The van der Waals surface area contributed by atoms with Gasteiger partial charge in [0.25, 0.3) is 0 Å². The Morgan fingerprint density at radius 2 is 2.09 bits per heavy atom. The number of aromatic nitrogens is 1. The Hall–Kier alpha value is -1.58. The molecule has 0 unspecified atom stereocenters. The molecule has 0 radical (unpaired) electrons. The first-order valence-electron chi connectivity index (χ1n) is 9.18. The number of hydrogen-bond acceptors (Lipinski definition) is 3. The molecule has 0 aliphatic heterocycles. The van der Waals surface area contributed by atoms with Gasteiger partial charge in [0.05, 0.1) is 0 Å². The predicted octanol–water partition coefficient (Wildman–Crippen LogP) is 3.46. The molecule has 3 aliphatic carbocycles. The number of amides is 1. The summed E-state index contributed by atoms with van der Waals surface area (Å²) in [5.41, 5.74) is 0.996. The topological polar surface area (TPSA) is 51.2 Å². The maximum Gasteiger partial charge on any atom is 0.223 e. The first-order valence-corrected chi connectivity index (χ1v) is 9.18. The van der Waals surface area contributed by atoms with Gasteiger partial charge in [-0.3, -0.25) is 4.79 Å². The van der Waals surface area contributed by atoms with E-state index in [4.69, 9.17) is 4.74 Å². The Kier molecular flexibility index (Phi) is 4.23. The number of pyridine rings is 1. The lowest BCUT2D eigenvalue weighted by Crippen LogP contribution is -2.33. The molecule has 3 atom stereocenters. The Bertz CT molecular complexity index is 568. The molecule has 1 aromatic heterocycles. The molecule has 3 fully saturated rings. The van der Waals surface area contributed by atoms with Crippen LogP contribution in [-0.2, 0) is 11.3 Å². The van der Waals surface area contributed by atoms with Crippen LogP contribution < -0.4 is 10.1 Å². The van der Waals surface area contributed by atoms with Crippen LogP contribution in [0.5, 0.6) is 5.88 Å². The summed E-state index contributed by atoms with van der Waals surface area (Å²) in [4.78, 5) is 16.9. The van der Waals surface area contributed by atoms with Crippen LogP contribution in [0.1, 0.15) is 56.9 Å². The van der Waals surface area contributed by atoms with E-state index < -0.39 is 0 Å². The minimum absolute atomic E-state index is 0.230. The van der Waals surface area contributed by atoms with Gasteiger partial charge >= 0.3 is 0 Å². The SMILES string of the molecule is O=C(NCc1cccnc1OC1CCCC1)[C@H]1C[C@H]2CC[C@H]1C2. The molecule has 4 nitrogen and oxygen atoms in total. The zero-order valence-electron chi connectivity index (χ0n) is 13.7. The van der Waals surface area contributed by atoms with Gasteiger partial charge in [-0.2, -0.15) is 0 Å². The van der Waals surface area contributed by atoms with Crippen molar-refractivity contribution in [2.75, 3.05) is 0 Å². The van der Waals surface area contributed by atoms with Gasteiger partial charge in [-0.25, -0.2) is 4.98 Å². The molecule has 4 rings (SSSR count). The monoisotopic (exact) mass is 314 g/mol. The van der Waals surface area contributed by atoms with Gasteiger partial charge in [0.2, 0.25) is 11.8 Å². The van der Waals surface area contributed by atoms with Crippen LogP contribution in [0.15, 0.2) is 18.3 Å². The second-order valence-corrected chi connectivity index (χ2v) is 7.49. The summed E-state index contributed by atoms with van der Waals surface area (Å²) < 4.78 is 6.05. The van der Waals surface area contributed by atoms with Crippen LogP contribution in [0.2, 0.25) is 0 Å². The smallest absolute Gasteiger partial charge is 0.223 e. The summed E-state index contributed by atoms with van der Waals surface area (Å²) in [5, 5.41) is 3.13. The number of carbonyl (C=O) groups is 1. The molecule has 3 saturated carbocycles. The van der Waals surface area contributed by atoms with Crippen molar-refractivity contribution in [3.63, 3.8) is 0 Å². The van der Waals surface area contributed by atoms with Crippen molar-refractivity contribution in [1.82, 2.24) is 10.3 Å². The summed E-state index contributed by atoms with van der Waals surface area (Å²) in [7, 11) is 0. The Morgan fingerprint density at radius 1 is 1.22 bits per heavy atom. The molecule has 2 bridgehead atoms. The molecular formula is C19H26N2O2. The van der Waals surface area contributed by atoms with Crippen LogP contribution in [0.25, 0.3) is 0 Å². The minimum atomic E-state index is 0.230. The molecule has 124 valence electrons. The molecule has 1 N–H and O–H groups in total. The largest absolute Gasteiger partial charge is 0.474 e. The van der Waals surface area contributed by atoms with Crippen molar-refractivity contribution in [1.29, 1.82) is 0 Å². The fourth-order valence-corrected chi connectivity index (χ4v) is 4.71. The molecule has 3 aliphatic rings. The maximum atomic E-state index is 12.5. The first-order chi connectivity index (χ1) is 11.3. The highest BCUT2D eigenvalue weighted by Gasteiger charge is 2.42. The van der Waals surface area contributed by atoms with E-state index >= 15 is 0 Å². The zero-order valence-corrected chi connectivity index (χ0v) is 13.7. The Morgan fingerprint density at radius 3 is 2.83 bits per heavy atom. The predicted molar refractivity (Wildman–Crippen MR) is 87.9 cm³/mol. The Labute approximate surface area is 138 Å². The van der Waals surface area contributed by atoms with Crippen molar-refractivity contribution in [2.45, 2.75) is 64.0 Å². The summed E-state index contributed by atoms with van der Waals surface area (Å²) in [6, 6.07) is 3.93. The van der Waals surface area contributed by atoms with E-state index in [9.17, 15) is 4.79 Å². The van der Waals surface area contributed by atoms with Gasteiger partial charge in [0, 0.05) is 24.2 Å². The van der Waals surface area contributed by atoms with Crippen LogP contribution in [-0.4, -0.2) is 17.0 Å². The zero-order chi connectivity index (χ0) is 15.6. The lowest BCUT2D eigenvalue weighted by Gasteiger charge is -2.21. The van der Waals surface area contributed by atoms with Gasteiger partial charge < -0.3 is 10.1 Å². The molecule has 1 aromatic rings. The second-order valence-electron chi connectivity index (χ2n) is 7.49. The quantitative estimate of drug-likeness (QED) is 0.905. The summed E-state index contributed by atoms with van der Waals surface area (Å²) in [5.74, 6) is 2.60. The fourth-order valence-electron chi connectivity index (χ4n) is 4.71. The van der Waals surface area contributed by atoms with Gasteiger partial charge in [-0.15, -0.1) is 0 Å². The molecular weight excluding hydrogens is 288 g/mol. The second kappa shape index (κ2) is 6.50. The van der Waals surface area contributed by atoms with Gasteiger partial charge in [0.1, 0.15) is 6.10 Å². The third-order valence-corrected chi connectivity index (χ3v) is 5.96. The van der Waals surface area contributed by atoms with E-state index in [2.05, 4.69) is 10.3 Å². The third-order valence-electron chi connectivity index (χ3n) is 5.96. The van der Waals surface area contributed by atoms with E-state index in [1.807, 2.05) is 12.1 Å². The first kappa shape index (κ1) is 15.0. The lowest BCUT2D eigenvalue weighted by atomic mass is 9.88. The summed E-state index contributed by atoms with van der Waals surface area (Å²) >= 11 is 0. The van der Waals surface area contributed by atoms with E-state index in [0.29, 0.717) is 24.4 Å². The average Bonchev–Trinajstić information content (AvgIpc) is 3.31.